The summed E-state index contributed by atoms with van der Waals surface area (Å²) in [7, 11) is 1.71. The molecule has 32 heavy (non-hydrogen) atoms. The van der Waals surface area contributed by atoms with Gasteiger partial charge in [0, 0.05) is 32.8 Å². The molecule has 1 aromatic heterocycles. The van der Waals surface area contributed by atoms with Gasteiger partial charge in [-0.3, -0.25) is 9.80 Å². The maximum atomic E-state index is 6.01. The monoisotopic (exact) mass is 438 g/mol. The average Bonchev–Trinajstić information content (AvgIpc) is 3.56. The number of fused-ring (bicyclic) bond motifs is 1. The van der Waals surface area contributed by atoms with Crippen molar-refractivity contribution in [2.24, 2.45) is 5.92 Å². The van der Waals surface area contributed by atoms with Crippen molar-refractivity contribution < 1.29 is 13.9 Å². The van der Waals surface area contributed by atoms with Crippen molar-refractivity contribution in [3.8, 4) is 0 Å². The molecule has 0 spiro atoms. The van der Waals surface area contributed by atoms with Gasteiger partial charge >= 0.3 is 0 Å². The molecule has 5 heteroatoms. The van der Waals surface area contributed by atoms with Crippen LogP contribution in [0.25, 0.3) is 0 Å². The molecule has 2 fully saturated rings. The fourth-order valence-corrected chi connectivity index (χ4v) is 5.89. The predicted octanol–water partition coefficient (Wildman–Crippen LogP) is 4.29. The van der Waals surface area contributed by atoms with Crippen molar-refractivity contribution in [2.45, 2.75) is 63.8 Å². The van der Waals surface area contributed by atoms with Gasteiger partial charge in [0.15, 0.2) is 0 Å². The number of ether oxygens (including phenoxy) is 2. The Morgan fingerprint density at radius 1 is 0.969 bits per heavy atom. The van der Waals surface area contributed by atoms with Crippen LogP contribution >= 0.6 is 0 Å². The lowest BCUT2D eigenvalue weighted by atomic mass is 9.94. The standard InChI is InChI=1S/C27H38N2O3/c1-30-20-27-9-8-26(32-27)19-28(18-25-7-4-14-31-25)17-21-10-12-29(13-11-21)24-15-22-5-2-3-6-23(22)16-24/h2-3,5-6,8-9,21,24-25H,4,7,10-20H2,1H3/t25-/m1/s1. The quantitative estimate of drug-likeness (QED) is 0.584. The van der Waals surface area contributed by atoms with Crippen molar-refractivity contribution in [2.75, 3.05) is 39.9 Å². The van der Waals surface area contributed by atoms with Gasteiger partial charge in [-0.05, 0) is 80.8 Å². The van der Waals surface area contributed by atoms with Gasteiger partial charge in [0.25, 0.3) is 0 Å². The van der Waals surface area contributed by atoms with E-state index in [1.54, 1.807) is 18.2 Å². The molecule has 1 aliphatic carbocycles. The van der Waals surface area contributed by atoms with Crippen LogP contribution in [0.3, 0.4) is 0 Å². The third-order valence-electron chi connectivity index (χ3n) is 7.58. The number of methoxy groups -OCH3 is 1. The summed E-state index contributed by atoms with van der Waals surface area (Å²) in [6.07, 6.45) is 7.80. The third kappa shape index (κ3) is 5.45. The SMILES string of the molecule is COCc1ccc(CN(CC2CCN(C3Cc4ccccc4C3)CC2)C[C@H]2CCCO2)o1. The highest BCUT2D eigenvalue weighted by molar-refractivity contribution is 5.33. The molecule has 174 valence electrons. The van der Waals surface area contributed by atoms with E-state index in [1.807, 2.05) is 6.07 Å². The zero-order valence-electron chi connectivity index (χ0n) is 19.5. The highest BCUT2D eigenvalue weighted by Crippen LogP contribution is 2.29. The molecule has 2 aromatic rings. The van der Waals surface area contributed by atoms with E-state index in [1.165, 1.54) is 51.6 Å². The second-order valence-electron chi connectivity index (χ2n) is 9.94. The topological polar surface area (TPSA) is 38.1 Å². The summed E-state index contributed by atoms with van der Waals surface area (Å²) in [5, 5.41) is 0. The molecule has 5 rings (SSSR count). The van der Waals surface area contributed by atoms with Gasteiger partial charge in [-0.15, -0.1) is 0 Å². The summed E-state index contributed by atoms with van der Waals surface area (Å²) in [5.74, 6) is 2.70. The van der Waals surface area contributed by atoms with E-state index in [4.69, 9.17) is 13.9 Å². The first-order valence-corrected chi connectivity index (χ1v) is 12.5. The molecule has 0 unspecified atom stereocenters. The molecule has 3 aliphatic rings. The summed E-state index contributed by atoms with van der Waals surface area (Å²) >= 11 is 0. The lowest BCUT2D eigenvalue weighted by molar-refractivity contribution is 0.0511. The van der Waals surface area contributed by atoms with Crippen LogP contribution in [0.2, 0.25) is 0 Å². The van der Waals surface area contributed by atoms with Gasteiger partial charge in [0.2, 0.25) is 0 Å². The number of piperidine rings is 1. The van der Waals surface area contributed by atoms with Gasteiger partial charge in [-0.1, -0.05) is 24.3 Å². The van der Waals surface area contributed by atoms with E-state index in [-0.39, 0.29) is 0 Å². The van der Waals surface area contributed by atoms with E-state index >= 15 is 0 Å². The third-order valence-corrected chi connectivity index (χ3v) is 7.58. The molecule has 0 bridgehead atoms. The minimum Gasteiger partial charge on any atom is -0.462 e. The number of benzene rings is 1. The minimum atomic E-state index is 0.375. The van der Waals surface area contributed by atoms with Gasteiger partial charge in [0.05, 0.1) is 12.6 Å². The highest BCUT2D eigenvalue weighted by Gasteiger charge is 2.31. The Bertz CT molecular complexity index is 827. The van der Waals surface area contributed by atoms with Crippen molar-refractivity contribution in [1.29, 1.82) is 0 Å². The molecule has 0 radical (unpaired) electrons. The first kappa shape index (κ1) is 22.1. The number of rotatable bonds is 9. The Hall–Kier alpha value is -1.66. The Kier molecular flexibility index (Phi) is 7.28. The first-order chi connectivity index (χ1) is 15.8. The molecule has 1 atom stereocenters. The lowest BCUT2D eigenvalue weighted by Gasteiger charge is -2.38. The largest absolute Gasteiger partial charge is 0.462 e. The van der Waals surface area contributed by atoms with Gasteiger partial charge in [0.1, 0.15) is 18.1 Å². The Labute approximate surface area is 192 Å². The number of furan rings is 1. The highest BCUT2D eigenvalue weighted by atomic mass is 16.5. The van der Waals surface area contributed by atoms with Crippen LogP contribution in [0.1, 0.15) is 48.3 Å². The summed E-state index contributed by atoms with van der Waals surface area (Å²) in [6, 6.07) is 13.9. The molecule has 0 saturated carbocycles. The van der Waals surface area contributed by atoms with Crippen LogP contribution in [0.15, 0.2) is 40.8 Å². The van der Waals surface area contributed by atoms with Crippen LogP contribution in [-0.4, -0.2) is 61.8 Å². The van der Waals surface area contributed by atoms with Crippen LogP contribution < -0.4 is 0 Å². The molecule has 5 nitrogen and oxygen atoms in total. The maximum absolute atomic E-state index is 6.01. The number of hydrogen-bond donors (Lipinski definition) is 0. The summed E-state index contributed by atoms with van der Waals surface area (Å²) < 4.78 is 17.2. The number of likely N-dealkylation sites (tertiary alicyclic amines) is 1. The zero-order valence-corrected chi connectivity index (χ0v) is 19.5. The summed E-state index contributed by atoms with van der Waals surface area (Å²) in [6.45, 7) is 6.93. The van der Waals surface area contributed by atoms with Crippen molar-refractivity contribution in [3.63, 3.8) is 0 Å². The summed E-state index contributed by atoms with van der Waals surface area (Å²) in [5.41, 5.74) is 3.13. The maximum Gasteiger partial charge on any atom is 0.129 e. The van der Waals surface area contributed by atoms with Gasteiger partial charge < -0.3 is 13.9 Å². The zero-order chi connectivity index (χ0) is 21.8. The predicted molar refractivity (Wildman–Crippen MR) is 126 cm³/mol. The molecule has 3 heterocycles. The molecule has 0 amide bonds. The fourth-order valence-electron chi connectivity index (χ4n) is 5.89. The van der Waals surface area contributed by atoms with Crippen molar-refractivity contribution >= 4 is 0 Å². The van der Waals surface area contributed by atoms with Gasteiger partial charge in [-0.25, -0.2) is 0 Å². The lowest BCUT2D eigenvalue weighted by Crippen LogP contribution is -2.44. The normalized spacial score (nSPS) is 22.8. The van der Waals surface area contributed by atoms with Gasteiger partial charge in [-0.2, -0.15) is 0 Å². The van der Waals surface area contributed by atoms with Crippen LogP contribution in [-0.2, 0) is 35.5 Å². The Balaban J connectivity index is 1.15. The van der Waals surface area contributed by atoms with Crippen molar-refractivity contribution in [1.82, 2.24) is 9.80 Å². The second kappa shape index (κ2) is 10.5. The summed E-state index contributed by atoms with van der Waals surface area (Å²) in [4.78, 5) is 5.33. The average molecular weight is 439 g/mol. The van der Waals surface area contributed by atoms with Crippen LogP contribution in [0.5, 0.6) is 0 Å². The van der Waals surface area contributed by atoms with E-state index in [9.17, 15) is 0 Å². The molecule has 2 aliphatic heterocycles. The van der Waals surface area contributed by atoms with Crippen molar-refractivity contribution in [3.05, 3.63) is 59.0 Å². The smallest absolute Gasteiger partial charge is 0.129 e. The molecule has 2 saturated heterocycles. The van der Waals surface area contributed by atoms with E-state index in [2.05, 4.69) is 40.1 Å². The van der Waals surface area contributed by atoms with Crippen LogP contribution in [0.4, 0.5) is 0 Å². The first-order valence-electron chi connectivity index (χ1n) is 12.5. The number of nitrogens with zero attached hydrogens (tertiary/aromatic N) is 2. The molecular formula is C27H38N2O3. The molecular weight excluding hydrogens is 400 g/mol. The molecule has 1 aromatic carbocycles. The minimum absolute atomic E-state index is 0.375. The number of hydrogen-bond acceptors (Lipinski definition) is 5. The van der Waals surface area contributed by atoms with E-state index < -0.39 is 0 Å². The van der Waals surface area contributed by atoms with E-state index in [0.29, 0.717) is 18.8 Å². The Morgan fingerprint density at radius 3 is 2.41 bits per heavy atom. The fraction of sp³-hybridized carbons (Fsp3) is 0.630. The molecule has 0 N–H and O–H groups in total. The Morgan fingerprint density at radius 2 is 1.72 bits per heavy atom. The second-order valence-corrected chi connectivity index (χ2v) is 9.94. The van der Waals surface area contributed by atoms with E-state index in [0.717, 1.165) is 43.7 Å². The van der Waals surface area contributed by atoms with Crippen LogP contribution in [0, 0.1) is 5.92 Å².